The predicted octanol–water partition coefficient (Wildman–Crippen LogP) is 2.06. The number of rotatable bonds is 5. The van der Waals surface area contributed by atoms with Gasteiger partial charge in [-0.2, -0.15) is 0 Å². The fraction of sp³-hybridized carbons (Fsp3) is 0.308. The molecule has 96 valence electrons. The third kappa shape index (κ3) is 2.74. The SMILES string of the molecule is COc1ccc(CCc2cc(N)on2)cc1OC. The van der Waals surface area contributed by atoms with Crippen molar-refractivity contribution in [2.24, 2.45) is 0 Å². The lowest BCUT2D eigenvalue weighted by Gasteiger charge is -2.08. The van der Waals surface area contributed by atoms with E-state index >= 15 is 0 Å². The molecule has 0 atom stereocenters. The van der Waals surface area contributed by atoms with Crippen LogP contribution < -0.4 is 15.2 Å². The van der Waals surface area contributed by atoms with Crippen molar-refractivity contribution >= 4 is 5.88 Å². The van der Waals surface area contributed by atoms with Crippen molar-refractivity contribution in [3.8, 4) is 11.5 Å². The number of hydrogen-bond acceptors (Lipinski definition) is 5. The van der Waals surface area contributed by atoms with Gasteiger partial charge in [0.1, 0.15) is 0 Å². The maximum atomic E-state index is 5.47. The molecule has 0 saturated carbocycles. The van der Waals surface area contributed by atoms with Crippen LogP contribution in [0.25, 0.3) is 0 Å². The van der Waals surface area contributed by atoms with E-state index in [2.05, 4.69) is 5.16 Å². The number of anilines is 1. The number of ether oxygens (including phenoxy) is 2. The zero-order chi connectivity index (χ0) is 13.0. The second kappa shape index (κ2) is 5.44. The quantitative estimate of drug-likeness (QED) is 0.877. The third-order valence-electron chi connectivity index (χ3n) is 2.69. The highest BCUT2D eigenvalue weighted by Gasteiger charge is 2.06. The van der Waals surface area contributed by atoms with Crippen molar-refractivity contribution in [2.75, 3.05) is 20.0 Å². The lowest BCUT2D eigenvalue weighted by Crippen LogP contribution is -1.95. The van der Waals surface area contributed by atoms with Gasteiger partial charge in [0.2, 0.25) is 5.88 Å². The molecule has 2 aromatic rings. The second-order valence-electron chi connectivity index (χ2n) is 3.91. The zero-order valence-electron chi connectivity index (χ0n) is 10.5. The second-order valence-corrected chi connectivity index (χ2v) is 3.91. The first-order chi connectivity index (χ1) is 8.72. The topological polar surface area (TPSA) is 70.5 Å². The van der Waals surface area contributed by atoms with Gasteiger partial charge in [0.05, 0.1) is 19.9 Å². The van der Waals surface area contributed by atoms with E-state index < -0.39 is 0 Å². The van der Waals surface area contributed by atoms with Gasteiger partial charge in [0.25, 0.3) is 0 Å². The highest BCUT2D eigenvalue weighted by Crippen LogP contribution is 2.28. The van der Waals surface area contributed by atoms with Crippen LogP contribution in [0.3, 0.4) is 0 Å². The molecular weight excluding hydrogens is 232 g/mol. The van der Waals surface area contributed by atoms with Crippen LogP contribution in [-0.4, -0.2) is 19.4 Å². The van der Waals surface area contributed by atoms with Crippen LogP contribution in [0.1, 0.15) is 11.3 Å². The highest BCUT2D eigenvalue weighted by molar-refractivity contribution is 5.43. The number of nitrogen functional groups attached to an aromatic ring is 1. The number of nitrogens with two attached hydrogens (primary N) is 1. The number of nitrogens with zero attached hydrogens (tertiary/aromatic N) is 1. The summed E-state index contributed by atoms with van der Waals surface area (Å²) >= 11 is 0. The fourth-order valence-electron chi connectivity index (χ4n) is 1.75. The molecule has 0 aliphatic heterocycles. The molecule has 2 N–H and O–H groups in total. The summed E-state index contributed by atoms with van der Waals surface area (Å²) in [4.78, 5) is 0. The third-order valence-corrected chi connectivity index (χ3v) is 2.69. The summed E-state index contributed by atoms with van der Waals surface area (Å²) in [7, 11) is 3.25. The van der Waals surface area contributed by atoms with Gasteiger partial charge in [-0.25, -0.2) is 0 Å². The van der Waals surface area contributed by atoms with Crippen molar-refractivity contribution < 1.29 is 14.0 Å². The minimum absolute atomic E-state index is 0.345. The van der Waals surface area contributed by atoms with Gasteiger partial charge in [-0.05, 0) is 30.5 Å². The van der Waals surface area contributed by atoms with Gasteiger partial charge < -0.3 is 19.7 Å². The van der Waals surface area contributed by atoms with Gasteiger partial charge in [-0.1, -0.05) is 11.2 Å². The standard InChI is InChI=1S/C13H16N2O3/c1-16-11-6-4-9(7-12(11)17-2)3-5-10-8-13(14)18-15-10/h4,6-8H,3,5,14H2,1-2H3. The van der Waals surface area contributed by atoms with E-state index in [1.165, 1.54) is 0 Å². The van der Waals surface area contributed by atoms with Crippen molar-refractivity contribution in [2.45, 2.75) is 12.8 Å². The van der Waals surface area contributed by atoms with Crippen molar-refractivity contribution in [1.29, 1.82) is 0 Å². The predicted molar refractivity (Wildman–Crippen MR) is 67.9 cm³/mol. The average Bonchev–Trinajstić information content (AvgIpc) is 2.81. The zero-order valence-corrected chi connectivity index (χ0v) is 10.5. The monoisotopic (exact) mass is 248 g/mol. The highest BCUT2D eigenvalue weighted by atomic mass is 16.5. The summed E-state index contributed by atoms with van der Waals surface area (Å²) in [6, 6.07) is 7.60. The molecule has 5 heteroatoms. The van der Waals surface area contributed by atoms with E-state index in [1.54, 1.807) is 20.3 Å². The Balaban J connectivity index is 2.05. The molecule has 0 saturated heterocycles. The summed E-state index contributed by atoms with van der Waals surface area (Å²) in [5.41, 5.74) is 7.46. The molecule has 0 aliphatic rings. The number of benzene rings is 1. The molecule has 0 fully saturated rings. The Hall–Kier alpha value is -2.17. The minimum atomic E-state index is 0.345. The van der Waals surface area contributed by atoms with E-state index in [4.69, 9.17) is 19.7 Å². The normalized spacial score (nSPS) is 10.3. The van der Waals surface area contributed by atoms with Crippen LogP contribution in [0.5, 0.6) is 11.5 Å². The molecular formula is C13H16N2O3. The molecule has 0 aliphatic carbocycles. The van der Waals surface area contributed by atoms with Crippen molar-refractivity contribution in [3.05, 3.63) is 35.5 Å². The number of hydrogen-bond donors (Lipinski definition) is 1. The van der Waals surface area contributed by atoms with Crippen molar-refractivity contribution in [1.82, 2.24) is 5.16 Å². The van der Waals surface area contributed by atoms with Gasteiger partial charge in [-0.3, -0.25) is 0 Å². The van der Waals surface area contributed by atoms with E-state index in [9.17, 15) is 0 Å². The summed E-state index contributed by atoms with van der Waals surface area (Å²) in [5, 5.41) is 3.85. The summed E-state index contributed by atoms with van der Waals surface area (Å²) in [5.74, 6) is 1.80. The molecule has 1 aromatic carbocycles. The molecule has 0 unspecified atom stereocenters. The van der Waals surface area contributed by atoms with Crippen molar-refractivity contribution in [3.63, 3.8) is 0 Å². The summed E-state index contributed by atoms with van der Waals surface area (Å²) in [6.07, 6.45) is 1.61. The Kier molecular flexibility index (Phi) is 3.72. The maximum absolute atomic E-state index is 5.47. The molecule has 18 heavy (non-hydrogen) atoms. The smallest absolute Gasteiger partial charge is 0.222 e. The van der Waals surface area contributed by atoms with Gasteiger partial charge in [0.15, 0.2) is 11.5 Å². The number of aryl methyl sites for hydroxylation is 2. The van der Waals surface area contributed by atoms with E-state index in [-0.39, 0.29) is 0 Å². The van der Waals surface area contributed by atoms with E-state index in [0.29, 0.717) is 5.88 Å². The van der Waals surface area contributed by atoms with E-state index in [0.717, 1.165) is 35.6 Å². The molecule has 2 rings (SSSR count). The average molecular weight is 248 g/mol. The Morgan fingerprint density at radius 1 is 1.11 bits per heavy atom. The minimum Gasteiger partial charge on any atom is -0.493 e. The Labute approximate surface area is 105 Å². The van der Waals surface area contributed by atoms with Crippen LogP contribution in [-0.2, 0) is 12.8 Å². The lowest BCUT2D eigenvalue weighted by atomic mass is 10.1. The van der Waals surface area contributed by atoms with Crippen LogP contribution in [0, 0.1) is 0 Å². The molecule has 0 radical (unpaired) electrons. The van der Waals surface area contributed by atoms with Crippen LogP contribution in [0.4, 0.5) is 5.88 Å². The molecule has 1 heterocycles. The lowest BCUT2D eigenvalue weighted by molar-refractivity contribution is 0.354. The molecule has 0 bridgehead atoms. The first-order valence-corrected chi connectivity index (χ1v) is 5.65. The molecule has 1 aromatic heterocycles. The number of aromatic nitrogens is 1. The molecule has 0 spiro atoms. The van der Waals surface area contributed by atoms with Gasteiger partial charge >= 0.3 is 0 Å². The summed E-state index contributed by atoms with van der Waals surface area (Å²) in [6.45, 7) is 0. The van der Waals surface area contributed by atoms with Gasteiger partial charge in [-0.15, -0.1) is 0 Å². The maximum Gasteiger partial charge on any atom is 0.222 e. The van der Waals surface area contributed by atoms with Crippen LogP contribution in [0.15, 0.2) is 28.8 Å². The van der Waals surface area contributed by atoms with Crippen LogP contribution in [0.2, 0.25) is 0 Å². The van der Waals surface area contributed by atoms with E-state index in [1.807, 2.05) is 18.2 Å². The number of methoxy groups -OCH3 is 2. The van der Waals surface area contributed by atoms with Gasteiger partial charge in [0, 0.05) is 6.07 Å². The molecule has 5 nitrogen and oxygen atoms in total. The largest absolute Gasteiger partial charge is 0.493 e. The first kappa shape index (κ1) is 12.3. The Morgan fingerprint density at radius 3 is 2.50 bits per heavy atom. The summed E-state index contributed by atoms with van der Waals surface area (Å²) < 4.78 is 15.3. The Morgan fingerprint density at radius 2 is 1.89 bits per heavy atom. The fourth-order valence-corrected chi connectivity index (χ4v) is 1.75. The molecule has 0 amide bonds. The Bertz CT molecular complexity index is 523. The van der Waals surface area contributed by atoms with Crippen LogP contribution >= 0.6 is 0 Å². The first-order valence-electron chi connectivity index (χ1n) is 5.65.